The van der Waals surface area contributed by atoms with Gasteiger partial charge in [0.2, 0.25) is 0 Å². The Morgan fingerprint density at radius 3 is 2.32 bits per heavy atom. The van der Waals surface area contributed by atoms with E-state index in [-0.39, 0.29) is 0 Å². The lowest BCUT2D eigenvalue weighted by atomic mass is 10.1. The minimum absolute atomic E-state index is 0.738. The van der Waals surface area contributed by atoms with E-state index in [4.69, 9.17) is 0 Å². The van der Waals surface area contributed by atoms with Crippen LogP contribution < -0.4 is 10.6 Å². The molecule has 0 aliphatic heterocycles. The Morgan fingerprint density at radius 1 is 0.880 bits per heavy atom. The highest BCUT2D eigenvalue weighted by molar-refractivity contribution is 5.59. The van der Waals surface area contributed by atoms with E-state index in [0.717, 1.165) is 36.1 Å². The maximum Gasteiger partial charge on any atom is 0.136 e. The van der Waals surface area contributed by atoms with Crippen LogP contribution in [0.2, 0.25) is 0 Å². The standard InChI is InChI=1S/C21H24N4/c1-4-17-9-11-19(12-10-17)25-21-13-20(23-16(3)24-21)22-14-18-8-6-5-7-15(18)2/h5-13H,4,14H2,1-3H3,(H2,22,23,24,25). The molecule has 25 heavy (non-hydrogen) atoms. The van der Waals surface area contributed by atoms with Gasteiger partial charge in [0, 0.05) is 18.3 Å². The second-order valence-corrected chi connectivity index (χ2v) is 6.14. The van der Waals surface area contributed by atoms with Gasteiger partial charge >= 0.3 is 0 Å². The fourth-order valence-corrected chi connectivity index (χ4v) is 2.69. The minimum Gasteiger partial charge on any atom is -0.366 e. The van der Waals surface area contributed by atoms with Gasteiger partial charge < -0.3 is 10.6 Å². The Labute approximate surface area is 149 Å². The number of hydrogen-bond acceptors (Lipinski definition) is 4. The number of aryl methyl sites for hydroxylation is 3. The van der Waals surface area contributed by atoms with Gasteiger partial charge in [-0.05, 0) is 49.1 Å². The highest BCUT2D eigenvalue weighted by Crippen LogP contribution is 2.19. The molecule has 0 amide bonds. The third kappa shape index (κ3) is 4.57. The molecule has 0 aliphatic carbocycles. The van der Waals surface area contributed by atoms with Gasteiger partial charge in [0.05, 0.1) is 0 Å². The number of benzene rings is 2. The average molecular weight is 332 g/mol. The molecule has 0 spiro atoms. The van der Waals surface area contributed by atoms with Crippen LogP contribution in [0.3, 0.4) is 0 Å². The Balaban J connectivity index is 1.72. The van der Waals surface area contributed by atoms with E-state index in [1.54, 1.807) is 0 Å². The quantitative estimate of drug-likeness (QED) is 0.666. The monoisotopic (exact) mass is 332 g/mol. The normalized spacial score (nSPS) is 10.5. The average Bonchev–Trinajstić information content (AvgIpc) is 2.61. The zero-order valence-corrected chi connectivity index (χ0v) is 15.0. The lowest BCUT2D eigenvalue weighted by molar-refractivity contribution is 1.02. The molecule has 3 aromatic rings. The Hall–Kier alpha value is -2.88. The van der Waals surface area contributed by atoms with Crippen molar-refractivity contribution in [3.05, 3.63) is 77.1 Å². The van der Waals surface area contributed by atoms with Crippen molar-refractivity contribution >= 4 is 17.3 Å². The maximum atomic E-state index is 4.49. The van der Waals surface area contributed by atoms with Crippen molar-refractivity contribution in [2.24, 2.45) is 0 Å². The van der Waals surface area contributed by atoms with E-state index >= 15 is 0 Å². The molecular formula is C21H24N4. The van der Waals surface area contributed by atoms with Gasteiger partial charge in [-0.25, -0.2) is 9.97 Å². The molecule has 128 valence electrons. The molecule has 0 saturated carbocycles. The van der Waals surface area contributed by atoms with E-state index in [1.807, 2.05) is 13.0 Å². The second kappa shape index (κ2) is 7.79. The van der Waals surface area contributed by atoms with Crippen molar-refractivity contribution in [2.45, 2.75) is 33.7 Å². The predicted octanol–water partition coefficient (Wildman–Crippen LogP) is 5.01. The third-order valence-electron chi connectivity index (χ3n) is 4.19. The predicted molar refractivity (Wildman–Crippen MR) is 104 cm³/mol. The Kier molecular flexibility index (Phi) is 5.29. The summed E-state index contributed by atoms with van der Waals surface area (Å²) in [6.45, 7) is 6.93. The molecule has 3 rings (SSSR count). The highest BCUT2D eigenvalue weighted by Gasteiger charge is 2.04. The molecule has 4 heteroatoms. The smallest absolute Gasteiger partial charge is 0.136 e. The minimum atomic E-state index is 0.738. The molecule has 1 heterocycles. The molecule has 0 aliphatic rings. The molecule has 0 saturated heterocycles. The van der Waals surface area contributed by atoms with Gasteiger partial charge in [0.1, 0.15) is 17.5 Å². The van der Waals surface area contributed by atoms with Crippen LogP contribution in [0.4, 0.5) is 17.3 Å². The van der Waals surface area contributed by atoms with E-state index in [9.17, 15) is 0 Å². The Bertz CT molecular complexity index is 841. The first-order chi connectivity index (χ1) is 12.1. The van der Waals surface area contributed by atoms with Crippen LogP contribution in [0.5, 0.6) is 0 Å². The SMILES string of the molecule is CCc1ccc(Nc2cc(NCc3ccccc3C)nc(C)n2)cc1. The van der Waals surface area contributed by atoms with Crippen LogP contribution in [0.15, 0.2) is 54.6 Å². The number of nitrogens with one attached hydrogen (secondary N) is 2. The molecule has 0 radical (unpaired) electrons. The molecule has 0 fully saturated rings. The number of rotatable bonds is 6. The maximum absolute atomic E-state index is 4.49. The van der Waals surface area contributed by atoms with Crippen LogP contribution in [-0.4, -0.2) is 9.97 Å². The summed E-state index contributed by atoms with van der Waals surface area (Å²) in [4.78, 5) is 8.97. The van der Waals surface area contributed by atoms with Gasteiger partial charge in [-0.1, -0.05) is 43.3 Å². The van der Waals surface area contributed by atoms with Crippen molar-refractivity contribution in [2.75, 3.05) is 10.6 Å². The lowest BCUT2D eigenvalue weighted by Crippen LogP contribution is -2.06. The summed E-state index contributed by atoms with van der Waals surface area (Å²) in [5.41, 5.74) is 4.89. The van der Waals surface area contributed by atoms with Crippen LogP contribution in [0.25, 0.3) is 0 Å². The van der Waals surface area contributed by atoms with Crippen LogP contribution >= 0.6 is 0 Å². The molecule has 0 bridgehead atoms. The topological polar surface area (TPSA) is 49.8 Å². The molecule has 2 N–H and O–H groups in total. The number of anilines is 3. The van der Waals surface area contributed by atoms with Crippen molar-refractivity contribution < 1.29 is 0 Å². The molecule has 0 atom stereocenters. The van der Waals surface area contributed by atoms with Gasteiger partial charge in [0.15, 0.2) is 0 Å². The van der Waals surface area contributed by atoms with Gasteiger partial charge in [-0.3, -0.25) is 0 Å². The Morgan fingerprint density at radius 2 is 1.60 bits per heavy atom. The summed E-state index contributed by atoms with van der Waals surface area (Å²) in [5, 5.41) is 6.75. The molecule has 0 unspecified atom stereocenters. The highest BCUT2D eigenvalue weighted by atomic mass is 15.1. The van der Waals surface area contributed by atoms with Gasteiger partial charge in [-0.15, -0.1) is 0 Å². The van der Waals surface area contributed by atoms with Crippen LogP contribution in [-0.2, 0) is 13.0 Å². The summed E-state index contributed by atoms with van der Waals surface area (Å²) in [7, 11) is 0. The first-order valence-electron chi connectivity index (χ1n) is 8.64. The fraction of sp³-hybridized carbons (Fsp3) is 0.238. The van der Waals surface area contributed by atoms with Crippen LogP contribution in [0.1, 0.15) is 29.4 Å². The van der Waals surface area contributed by atoms with Crippen molar-refractivity contribution in [1.82, 2.24) is 9.97 Å². The van der Waals surface area contributed by atoms with Crippen molar-refractivity contribution in [3.63, 3.8) is 0 Å². The first kappa shape index (κ1) is 17.0. The van der Waals surface area contributed by atoms with Crippen molar-refractivity contribution in [3.8, 4) is 0 Å². The third-order valence-corrected chi connectivity index (χ3v) is 4.19. The zero-order valence-electron chi connectivity index (χ0n) is 15.0. The first-order valence-corrected chi connectivity index (χ1v) is 8.64. The van der Waals surface area contributed by atoms with E-state index < -0.39 is 0 Å². The number of aromatic nitrogens is 2. The number of nitrogens with zero attached hydrogens (tertiary/aromatic N) is 2. The zero-order chi connectivity index (χ0) is 17.6. The molecule has 1 aromatic heterocycles. The van der Waals surface area contributed by atoms with Gasteiger partial charge in [0.25, 0.3) is 0 Å². The van der Waals surface area contributed by atoms with E-state index in [2.05, 4.69) is 83.0 Å². The molecular weight excluding hydrogens is 308 g/mol. The summed E-state index contributed by atoms with van der Waals surface area (Å²) in [6.07, 6.45) is 1.04. The second-order valence-electron chi connectivity index (χ2n) is 6.14. The largest absolute Gasteiger partial charge is 0.366 e. The van der Waals surface area contributed by atoms with E-state index in [0.29, 0.717) is 0 Å². The summed E-state index contributed by atoms with van der Waals surface area (Å²) < 4.78 is 0. The molecule has 4 nitrogen and oxygen atoms in total. The van der Waals surface area contributed by atoms with Gasteiger partial charge in [-0.2, -0.15) is 0 Å². The number of hydrogen-bond donors (Lipinski definition) is 2. The van der Waals surface area contributed by atoms with Crippen molar-refractivity contribution in [1.29, 1.82) is 0 Å². The summed E-state index contributed by atoms with van der Waals surface area (Å²) in [5.74, 6) is 2.36. The molecule has 2 aromatic carbocycles. The summed E-state index contributed by atoms with van der Waals surface area (Å²) in [6, 6.07) is 18.7. The van der Waals surface area contributed by atoms with E-state index in [1.165, 1.54) is 16.7 Å². The van der Waals surface area contributed by atoms with Crippen LogP contribution in [0, 0.1) is 13.8 Å². The summed E-state index contributed by atoms with van der Waals surface area (Å²) >= 11 is 0. The lowest BCUT2D eigenvalue weighted by Gasteiger charge is -2.11. The fourth-order valence-electron chi connectivity index (χ4n) is 2.69.